The molecular weight excluding hydrogens is 493 g/mol. The number of carbonyl (C=O) groups is 2. The second-order valence-corrected chi connectivity index (χ2v) is 8.39. The molecule has 0 fully saturated rings. The fourth-order valence-corrected chi connectivity index (χ4v) is 3.67. The minimum Gasteiger partial charge on any atom is -0.493 e. The number of nitrogens with one attached hydrogen (secondary N) is 1. The van der Waals surface area contributed by atoms with Gasteiger partial charge in [-0.1, -0.05) is 18.2 Å². The van der Waals surface area contributed by atoms with Gasteiger partial charge < -0.3 is 30.4 Å². The number of carboxylic acids is 1. The van der Waals surface area contributed by atoms with Crippen LogP contribution in [-0.4, -0.2) is 41.7 Å². The number of aliphatic carboxylic acids is 1. The normalized spacial score (nSPS) is 11.6. The highest BCUT2D eigenvalue weighted by atomic mass is 19.1. The molecule has 0 saturated heterocycles. The summed E-state index contributed by atoms with van der Waals surface area (Å²) in [4.78, 5) is 27.6. The second-order valence-electron chi connectivity index (χ2n) is 8.39. The van der Waals surface area contributed by atoms with Gasteiger partial charge in [0.1, 0.15) is 23.4 Å². The first-order chi connectivity index (χ1) is 18.3. The molecule has 10 heteroatoms. The van der Waals surface area contributed by atoms with Crippen LogP contribution in [0.2, 0.25) is 0 Å². The predicted octanol–water partition coefficient (Wildman–Crippen LogP) is 4.54. The van der Waals surface area contributed by atoms with Crippen LogP contribution in [0.15, 0.2) is 72.9 Å². The van der Waals surface area contributed by atoms with Crippen molar-refractivity contribution in [1.82, 2.24) is 4.98 Å². The largest absolute Gasteiger partial charge is 0.493 e. The third kappa shape index (κ3) is 6.74. The Morgan fingerprint density at radius 3 is 2.55 bits per heavy atom. The quantitative estimate of drug-likeness (QED) is 0.263. The maximum absolute atomic E-state index is 13.3. The van der Waals surface area contributed by atoms with E-state index in [1.807, 2.05) is 0 Å². The van der Waals surface area contributed by atoms with Crippen LogP contribution in [0.3, 0.4) is 0 Å². The van der Waals surface area contributed by atoms with Crippen LogP contribution in [-0.2, 0) is 16.0 Å². The number of methoxy groups -OCH3 is 1. The number of anilines is 1. The van der Waals surface area contributed by atoms with Gasteiger partial charge in [0.05, 0.1) is 25.7 Å². The molecule has 1 atom stereocenters. The summed E-state index contributed by atoms with van der Waals surface area (Å²) in [5, 5.41) is 12.3. The Balaban J connectivity index is 1.44. The molecule has 1 aromatic heterocycles. The van der Waals surface area contributed by atoms with Gasteiger partial charge >= 0.3 is 5.97 Å². The van der Waals surface area contributed by atoms with E-state index in [0.29, 0.717) is 39.6 Å². The van der Waals surface area contributed by atoms with Crippen molar-refractivity contribution >= 4 is 28.5 Å². The van der Waals surface area contributed by atoms with E-state index >= 15 is 0 Å². The zero-order chi connectivity index (χ0) is 27.1. The van der Waals surface area contributed by atoms with E-state index in [-0.39, 0.29) is 25.4 Å². The lowest BCUT2D eigenvalue weighted by Crippen LogP contribution is -2.31. The van der Waals surface area contributed by atoms with Gasteiger partial charge in [-0.25, -0.2) is 4.39 Å². The zero-order valence-corrected chi connectivity index (χ0v) is 20.5. The third-order valence-corrected chi connectivity index (χ3v) is 5.61. The number of nitrogens with two attached hydrogens (primary N) is 1. The smallest absolute Gasteiger partial charge is 0.320 e. The summed E-state index contributed by atoms with van der Waals surface area (Å²) in [5.74, 6) is 0.136. The highest BCUT2D eigenvalue weighted by molar-refractivity contribution is 5.92. The minimum absolute atomic E-state index is 0.0954. The van der Waals surface area contributed by atoms with Crippen LogP contribution in [0.25, 0.3) is 10.9 Å². The summed E-state index contributed by atoms with van der Waals surface area (Å²) in [6.07, 6.45) is 1.85. The molecule has 4 rings (SSSR count). The lowest BCUT2D eigenvalue weighted by atomic mass is 10.1. The molecule has 0 bridgehead atoms. The van der Waals surface area contributed by atoms with E-state index in [2.05, 4.69) is 10.3 Å². The summed E-state index contributed by atoms with van der Waals surface area (Å²) in [6.45, 7) is 0.0954. The number of aromatic nitrogens is 1. The number of amides is 1. The van der Waals surface area contributed by atoms with Crippen molar-refractivity contribution in [2.45, 2.75) is 18.9 Å². The lowest BCUT2D eigenvalue weighted by molar-refractivity contribution is -0.138. The lowest BCUT2D eigenvalue weighted by Gasteiger charge is -2.14. The fourth-order valence-electron chi connectivity index (χ4n) is 3.67. The molecular formula is C28H26FN3O6. The van der Waals surface area contributed by atoms with Crippen LogP contribution >= 0.6 is 0 Å². The van der Waals surface area contributed by atoms with E-state index in [4.69, 9.17) is 25.1 Å². The first-order valence-electron chi connectivity index (χ1n) is 11.7. The molecule has 3 aromatic carbocycles. The number of hydrogen-bond acceptors (Lipinski definition) is 7. The van der Waals surface area contributed by atoms with Gasteiger partial charge in [0.25, 0.3) is 0 Å². The first kappa shape index (κ1) is 26.4. The molecule has 9 nitrogen and oxygen atoms in total. The van der Waals surface area contributed by atoms with Gasteiger partial charge in [0.2, 0.25) is 5.91 Å². The molecule has 0 spiro atoms. The second kappa shape index (κ2) is 12.0. The SMILES string of the molecule is COc1cc2c(Oc3ccc(CC(=O)Nc4cccc(F)c4)cc3)ccnc2cc1OCCC(N)C(=O)O. The van der Waals surface area contributed by atoms with Gasteiger partial charge in [-0.3, -0.25) is 14.6 Å². The van der Waals surface area contributed by atoms with E-state index in [0.717, 1.165) is 5.56 Å². The van der Waals surface area contributed by atoms with Crippen molar-refractivity contribution < 1.29 is 33.3 Å². The first-order valence-corrected chi connectivity index (χ1v) is 11.7. The van der Waals surface area contributed by atoms with Crippen LogP contribution in [0, 0.1) is 5.82 Å². The predicted molar refractivity (Wildman–Crippen MR) is 139 cm³/mol. The van der Waals surface area contributed by atoms with Gasteiger partial charge in [0, 0.05) is 29.8 Å². The van der Waals surface area contributed by atoms with Gasteiger partial charge in [-0.15, -0.1) is 0 Å². The zero-order valence-electron chi connectivity index (χ0n) is 20.5. The van der Waals surface area contributed by atoms with Crippen molar-refractivity contribution in [3.63, 3.8) is 0 Å². The van der Waals surface area contributed by atoms with E-state index in [1.54, 1.807) is 54.7 Å². The number of nitrogens with zero attached hydrogens (tertiary/aromatic N) is 1. The molecule has 38 heavy (non-hydrogen) atoms. The van der Waals surface area contributed by atoms with E-state index in [1.165, 1.54) is 25.3 Å². The number of fused-ring (bicyclic) bond motifs is 1. The van der Waals surface area contributed by atoms with Crippen molar-refractivity contribution in [1.29, 1.82) is 0 Å². The summed E-state index contributed by atoms with van der Waals surface area (Å²) < 4.78 is 30.6. The van der Waals surface area contributed by atoms with Crippen molar-refractivity contribution in [2.75, 3.05) is 19.0 Å². The molecule has 196 valence electrons. The van der Waals surface area contributed by atoms with Gasteiger partial charge in [-0.2, -0.15) is 0 Å². The van der Waals surface area contributed by atoms with Crippen molar-refractivity contribution in [3.05, 3.63) is 84.3 Å². The number of rotatable bonds is 11. The molecule has 1 unspecified atom stereocenters. The van der Waals surface area contributed by atoms with E-state index < -0.39 is 17.8 Å². The Hall–Kier alpha value is -4.70. The summed E-state index contributed by atoms with van der Waals surface area (Å²) in [7, 11) is 1.50. The molecule has 0 aliphatic rings. The molecule has 0 aliphatic carbocycles. The Morgan fingerprint density at radius 2 is 1.84 bits per heavy atom. The van der Waals surface area contributed by atoms with E-state index in [9.17, 15) is 14.0 Å². The van der Waals surface area contributed by atoms with Crippen LogP contribution in [0.1, 0.15) is 12.0 Å². The number of halogens is 1. The van der Waals surface area contributed by atoms with Crippen LogP contribution in [0.5, 0.6) is 23.0 Å². The Labute approximate surface area is 218 Å². The molecule has 0 radical (unpaired) electrons. The maximum atomic E-state index is 13.3. The number of carboxylic acid groups (broad SMARTS) is 1. The Morgan fingerprint density at radius 1 is 1.05 bits per heavy atom. The number of hydrogen-bond donors (Lipinski definition) is 3. The number of carbonyl (C=O) groups excluding carboxylic acids is 1. The minimum atomic E-state index is -1.09. The average Bonchev–Trinajstić information content (AvgIpc) is 2.89. The summed E-state index contributed by atoms with van der Waals surface area (Å²) in [5.41, 5.74) is 7.28. The highest BCUT2D eigenvalue weighted by Crippen LogP contribution is 2.37. The Kier molecular flexibility index (Phi) is 8.34. The summed E-state index contributed by atoms with van der Waals surface area (Å²) >= 11 is 0. The Bertz CT molecular complexity index is 1440. The average molecular weight is 520 g/mol. The molecule has 1 heterocycles. The number of benzene rings is 3. The molecule has 4 N–H and O–H groups in total. The molecule has 4 aromatic rings. The molecule has 0 saturated carbocycles. The van der Waals surface area contributed by atoms with Gasteiger partial charge in [-0.05, 0) is 48.0 Å². The number of ether oxygens (including phenoxy) is 3. The van der Waals surface area contributed by atoms with Crippen LogP contribution in [0.4, 0.5) is 10.1 Å². The maximum Gasteiger partial charge on any atom is 0.320 e. The monoisotopic (exact) mass is 519 g/mol. The van der Waals surface area contributed by atoms with Crippen molar-refractivity contribution in [2.24, 2.45) is 5.73 Å². The molecule has 0 aliphatic heterocycles. The highest BCUT2D eigenvalue weighted by Gasteiger charge is 2.15. The van der Waals surface area contributed by atoms with Gasteiger partial charge in [0.15, 0.2) is 11.5 Å². The fraction of sp³-hybridized carbons (Fsp3) is 0.179. The van der Waals surface area contributed by atoms with Crippen LogP contribution < -0.4 is 25.3 Å². The summed E-state index contributed by atoms with van der Waals surface area (Å²) in [6, 6.07) is 16.9. The molecule has 1 amide bonds. The topological polar surface area (TPSA) is 133 Å². The standard InChI is InChI=1S/C28H26FN3O6/c1-36-25-15-21-23(16-26(25)37-12-10-22(30)28(34)35)31-11-9-24(21)38-20-7-5-17(6-8-20)13-27(33)32-19-4-2-3-18(29)14-19/h2-9,11,14-16,22H,10,12-13,30H2,1H3,(H,32,33)(H,34,35). The number of pyridine rings is 1. The van der Waals surface area contributed by atoms with Crippen molar-refractivity contribution in [3.8, 4) is 23.0 Å². The third-order valence-electron chi connectivity index (χ3n) is 5.61.